The van der Waals surface area contributed by atoms with Crippen LogP contribution in [0.2, 0.25) is 0 Å². The Labute approximate surface area is 201 Å². The molecule has 0 fully saturated rings. The van der Waals surface area contributed by atoms with Crippen molar-refractivity contribution in [1.29, 1.82) is 0 Å². The van der Waals surface area contributed by atoms with Gasteiger partial charge in [-0.2, -0.15) is 5.10 Å². The molecule has 2 heterocycles. The van der Waals surface area contributed by atoms with Gasteiger partial charge >= 0.3 is 0 Å². The summed E-state index contributed by atoms with van der Waals surface area (Å²) in [4.78, 5) is 41.7. The second kappa shape index (κ2) is 12.5. The lowest BCUT2D eigenvalue weighted by Gasteiger charge is -2.27. The highest BCUT2D eigenvalue weighted by atomic mass is 35.5. The summed E-state index contributed by atoms with van der Waals surface area (Å²) in [6.07, 6.45) is 1.13. The van der Waals surface area contributed by atoms with E-state index < -0.39 is 0 Å². The summed E-state index contributed by atoms with van der Waals surface area (Å²) in [7, 11) is 0. The summed E-state index contributed by atoms with van der Waals surface area (Å²) in [5, 5.41) is 7.57. The van der Waals surface area contributed by atoms with Crippen molar-refractivity contribution in [1.82, 2.24) is 20.0 Å². The Morgan fingerprint density at radius 1 is 1.06 bits per heavy atom. The summed E-state index contributed by atoms with van der Waals surface area (Å²) in [6, 6.07) is 11.0. The molecule has 0 atom stereocenters. The summed E-state index contributed by atoms with van der Waals surface area (Å²) < 4.78 is 1.21. The molecule has 9 heteroatoms. The molecule has 0 bridgehead atoms. The standard InChI is InChI=1S/C24H33N5O3.ClH/c1-18(2)15-23(31)28-13-6-12-27(14-11-25-16-20-7-4-5-8-21(20)28)24(32)17-29-22(30)10-9-19(3)26-29;/h4-5,7-10,18,25H,6,11-17H2,1-3H3;1H. The van der Waals surface area contributed by atoms with Gasteiger partial charge in [0.05, 0.1) is 5.69 Å². The first kappa shape index (κ1) is 26.5. The van der Waals surface area contributed by atoms with Gasteiger partial charge in [0.15, 0.2) is 0 Å². The van der Waals surface area contributed by atoms with Crippen molar-refractivity contribution in [3.8, 4) is 0 Å². The van der Waals surface area contributed by atoms with E-state index in [0.29, 0.717) is 51.3 Å². The number of benzene rings is 1. The van der Waals surface area contributed by atoms with E-state index in [1.807, 2.05) is 43.0 Å². The molecule has 0 aliphatic carbocycles. The average Bonchev–Trinajstić information content (AvgIpc) is 2.79. The summed E-state index contributed by atoms with van der Waals surface area (Å²) in [5.74, 6) is 0.216. The second-order valence-electron chi connectivity index (χ2n) is 8.65. The molecule has 3 rings (SSSR count). The van der Waals surface area contributed by atoms with Gasteiger partial charge in [0, 0.05) is 50.9 Å². The summed E-state index contributed by atoms with van der Waals surface area (Å²) in [6.45, 7) is 8.59. The van der Waals surface area contributed by atoms with Gasteiger partial charge in [-0.25, -0.2) is 4.68 Å². The minimum absolute atomic E-state index is 0. The maximum Gasteiger partial charge on any atom is 0.267 e. The van der Waals surface area contributed by atoms with Crippen LogP contribution in [-0.2, 0) is 22.7 Å². The number of carbonyl (C=O) groups is 2. The van der Waals surface area contributed by atoms with E-state index >= 15 is 0 Å². The van der Waals surface area contributed by atoms with E-state index in [1.165, 1.54) is 10.7 Å². The molecule has 0 unspecified atom stereocenters. The van der Waals surface area contributed by atoms with Crippen LogP contribution in [-0.4, -0.2) is 52.7 Å². The van der Waals surface area contributed by atoms with E-state index in [-0.39, 0.29) is 42.2 Å². The van der Waals surface area contributed by atoms with Gasteiger partial charge in [-0.05, 0) is 37.0 Å². The number of amides is 2. The molecule has 1 aromatic carbocycles. The number of nitrogens with zero attached hydrogens (tertiary/aromatic N) is 4. The van der Waals surface area contributed by atoms with Crippen molar-refractivity contribution in [2.75, 3.05) is 31.1 Å². The third-order valence-corrected chi connectivity index (χ3v) is 5.49. The van der Waals surface area contributed by atoms with Gasteiger partial charge in [-0.15, -0.1) is 12.4 Å². The molecule has 0 spiro atoms. The summed E-state index contributed by atoms with van der Waals surface area (Å²) >= 11 is 0. The van der Waals surface area contributed by atoms with Gasteiger partial charge in [0.2, 0.25) is 11.8 Å². The molecule has 180 valence electrons. The van der Waals surface area contributed by atoms with Gasteiger partial charge in [-0.1, -0.05) is 32.0 Å². The quantitative estimate of drug-likeness (QED) is 0.733. The van der Waals surface area contributed by atoms with Crippen molar-refractivity contribution in [3.63, 3.8) is 0 Å². The molecular formula is C24H34ClN5O3. The van der Waals surface area contributed by atoms with Crippen LogP contribution < -0.4 is 15.8 Å². The van der Waals surface area contributed by atoms with Crippen molar-refractivity contribution in [2.45, 2.75) is 46.7 Å². The molecule has 1 aromatic heterocycles. The van der Waals surface area contributed by atoms with Gasteiger partial charge in [0.1, 0.15) is 6.54 Å². The minimum Gasteiger partial charge on any atom is -0.340 e. The van der Waals surface area contributed by atoms with Crippen molar-refractivity contribution in [3.05, 3.63) is 58.0 Å². The highest BCUT2D eigenvalue weighted by molar-refractivity contribution is 5.94. The molecule has 1 aliphatic heterocycles. The molecule has 1 aliphatic rings. The molecule has 8 nitrogen and oxygen atoms in total. The predicted octanol–water partition coefficient (Wildman–Crippen LogP) is 2.37. The fraction of sp³-hybridized carbons (Fsp3) is 0.500. The fourth-order valence-corrected chi connectivity index (χ4v) is 3.87. The topological polar surface area (TPSA) is 87.5 Å². The number of anilines is 1. The zero-order valence-corrected chi connectivity index (χ0v) is 20.4. The van der Waals surface area contributed by atoms with Gasteiger partial charge in [0.25, 0.3) is 5.56 Å². The smallest absolute Gasteiger partial charge is 0.267 e. The molecule has 0 saturated heterocycles. The van der Waals surface area contributed by atoms with Gasteiger partial charge < -0.3 is 15.1 Å². The van der Waals surface area contributed by atoms with Crippen LogP contribution >= 0.6 is 12.4 Å². The van der Waals surface area contributed by atoms with Crippen LogP contribution in [0.15, 0.2) is 41.2 Å². The minimum atomic E-state index is -0.291. The zero-order chi connectivity index (χ0) is 23.1. The van der Waals surface area contributed by atoms with Crippen LogP contribution in [0.1, 0.15) is 37.9 Å². The number of hydrogen-bond donors (Lipinski definition) is 1. The van der Waals surface area contributed by atoms with Crippen LogP contribution in [0.4, 0.5) is 5.69 Å². The largest absolute Gasteiger partial charge is 0.340 e. The third kappa shape index (κ3) is 7.40. The van der Waals surface area contributed by atoms with Crippen molar-refractivity contribution >= 4 is 29.9 Å². The first-order chi connectivity index (χ1) is 15.3. The van der Waals surface area contributed by atoms with Gasteiger partial charge in [-0.3, -0.25) is 14.4 Å². The van der Waals surface area contributed by atoms with Crippen molar-refractivity contribution in [2.24, 2.45) is 5.92 Å². The highest BCUT2D eigenvalue weighted by Crippen LogP contribution is 2.23. The SMILES string of the molecule is Cc1ccc(=O)n(CC(=O)N2CCCN(C(=O)CC(C)C)c3ccccc3CNCC2)n1.Cl. The Morgan fingerprint density at radius 2 is 1.82 bits per heavy atom. The Morgan fingerprint density at radius 3 is 2.58 bits per heavy atom. The zero-order valence-electron chi connectivity index (χ0n) is 19.6. The molecular weight excluding hydrogens is 442 g/mol. The predicted molar refractivity (Wildman–Crippen MR) is 132 cm³/mol. The Hall–Kier alpha value is -2.71. The Kier molecular flexibility index (Phi) is 10.1. The Bertz CT molecular complexity index is 1010. The molecule has 0 saturated carbocycles. The molecule has 2 aromatic rings. The number of fused-ring (bicyclic) bond motifs is 1. The lowest BCUT2D eigenvalue weighted by Crippen LogP contribution is -2.42. The fourth-order valence-electron chi connectivity index (χ4n) is 3.87. The second-order valence-corrected chi connectivity index (χ2v) is 8.65. The van der Waals surface area contributed by atoms with E-state index in [0.717, 1.165) is 11.3 Å². The molecule has 0 radical (unpaired) electrons. The first-order valence-electron chi connectivity index (χ1n) is 11.3. The monoisotopic (exact) mass is 475 g/mol. The average molecular weight is 476 g/mol. The number of aromatic nitrogens is 2. The number of aryl methyl sites for hydroxylation is 1. The van der Waals surface area contributed by atoms with Crippen LogP contribution in [0.25, 0.3) is 0 Å². The normalized spacial score (nSPS) is 14.8. The van der Waals surface area contributed by atoms with E-state index in [4.69, 9.17) is 0 Å². The molecule has 2 amide bonds. The number of rotatable bonds is 4. The number of para-hydroxylation sites is 1. The third-order valence-electron chi connectivity index (χ3n) is 5.49. The number of halogens is 1. The highest BCUT2D eigenvalue weighted by Gasteiger charge is 2.22. The number of hydrogen-bond acceptors (Lipinski definition) is 5. The first-order valence-corrected chi connectivity index (χ1v) is 11.3. The van der Waals surface area contributed by atoms with E-state index in [1.54, 1.807) is 17.9 Å². The van der Waals surface area contributed by atoms with Crippen molar-refractivity contribution < 1.29 is 9.59 Å². The molecule has 1 N–H and O–H groups in total. The van der Waals surface area contributed by atoms with Crippen LogP contribution in [0.5, 0.6) is 0 Å². The van der Waals surface area contributed by atoms with E-state index in [9.17, 15) is 14.4 Å². The lowest BCUT2D eigenvalue weighted by atomic mass is 10.1. The van der Waals surface area contributed by atoms with E-state index in [2.05, 4.69) is 10.4 Å². The maximum absolute atomic E-state index is 13.0. The number of carbonyl (C=O) groups excluding carboxylic acids is 2. The maximum atomic E-state index is 13.0. The summed E-state index contributed by atoms with van der Waals surface area (Å²) in [5.41, 5.74) is 2.40. The lowest BCUT2D eigenvalue weighted by molar-refractivity contribution is -0.132. The molecule has 33 heavy (non-hydrogen) atoms. The number of nitrogens with one attached hydrogen (secondary N) is 1. The Balaban J connectivity index is 0.00000385. The van der Waals surface area contributed by atoms with Crippen LogP contribution in [0, 0.1) is 12.8 Å². The van der Waals surface area contributed by atoms with Crippen LogP contribution in [0.3, 0.4) is 0 Å².